The van der Waals surface area contributed by atoms with Gasteiger partial charge in [-0.25, -0.2) is 0 Å². The van der Waals surface area contributed by atoms with Crippen molar-refractivity contribution >= 4 is 91.3 Å². The van der Waals surface area contributed by atoms with Crippen LogP contribution < -0.4 is 25.2 Å². The zero-order chi connectivity index (χ0) is 33.9. The molecule has 9 nitrogen and oxygen atoms in total. The fourth-order valence-electron chi connectivity index (χ4n) is 6.99. The van der Waals surface area contributed by atoms with Crippen molar-refractivity contribution in [3.8, 4) is 0 Å². The third-order valence-corrected chi connectivity index (χ3v) is 13.2. The van der Waals surface area contributed by atoms with Crippen molar-refractivity contribution in [2.75, 3.05) is 11.4 Å². The van der Waals surface area contributed by atoms with Crippen LogP contribution in [0.2, 0.25) is 0 Å². The first-order valence-corrected chi connectivity index (χ1v) is 18.6. The number of carboxylic acid groups (broad SMARTS) is 1. The standard InChI is InChI=1S/C35H32N4O5S4/c1-4-19-10-13-21(14-11-19)39-24-9-7-8-22(24)23-16-20(12-15-25(23)39)17-26-30(42)38(18-27(40)41)34(46-26)28-31(43)36(5-2)33(47-28)29-32(44)37(6-3)35(45)48-29/h4,10-17,22,24H,1,5-9,18H2,2-3H3,(H,40,41)/b26-17?,33-29?,34-28+. The second kappa shape index (κ2) is 12.8. The van der Waals surface area contributed by atoms with Gasteiger partial charge in [0.15, 0.2) is 0 Å². The molecule has 1 saturated heterocycles. The summed E-state index contributed by atoms with van der Waals surface area (Å²) in [6, 6.07) is 15.0. The number of thioether (sulfide) groups is 1. The number of benzene rings is 2. The van der Waals surface area contributed by atoms with Crippen LogP contribution >= 0.6 is 46.7 Å². The number of carbonyl (C=O) groups is 2. The van der Waals surface area contributed by atoms with E-state index < -0.39 is 18.1 Å². The number of hydrogen-bond donors (Lipinski definition) is 1. The molecule has 2 unspecified atom stereocenters. The van der Waals surface area contributed by atoms with Gasteiger partial charge in [0.1, 0.15) is 29.6 Å². The summed E-state index contributed by atoms with van der Waals surface area (Å²) in [5.41, 5.74) is 4.59. The largest absolute Gasteiger partial charge is 0.480 e. The number of anilines is 2. The lowest BCUT2D eigenvalue weighted by Crippen LogP contribution is -2.31. The number of thiazole rings is 2. The zero-order valence-corrected chi connectivity index (χ0v) is 29.6. The maximum Gasteiger partial charge on any atom is 0.323 e. The van der Waals surface area contributed by atoms with Gasteiger partial charge in [0.2, 0.25) is 0 Å². The van der Waals surface area contributed by atoms with Crippen molar-refractivity contribution in [1.82, 2.24) is 14.0 Å². The molecule has 0 spiro atoms. The van der Waals surface area contributed by atoms with E-state index in [1.54, 1.807) is 13.0 Å². The number of nitrogens with zero attached hydrogens (tertiary/aromatic N) is 4. The summed E-state index contributed by atoms with van der Waals surface area (Å²) in [7, 11) is 0. The minimum absolute atomic E-state index is 0.220. The zero-order valence-electron chi connectivity index (χ0n) is 26.3. The van der Waals surface area contributed by atoms with Crippen molar-refractivity contribution in [3.05, 3.63) is 105 Å². The molecule has 2 aliphatic heterocycles. The molecule has 4 heterocycles. The maximum absolute atomic E-state index is 13.8. The molecule has 2 fully saturated rings. The van der Waals surface area contributed by atoms with E-state index in [0.29, 0.717) is 43.5 Å². The average Bonchev–Trinajstić information content (AvgIpc) is 3.87. The quantitative estimate of drug-likeness (QED) is 0.273. The smallest absolute Gasteiger partial charge is 0.323 e. The van der Waals surface area contributed by atoms with E-state index in [9.17, 15) is 24.3 Å². The van der Waals surface area contributed by atoms with Crippen LogP contribution in [0.25, 0.3) is 17.1 Å². The highest BCUT2D eigenvalue weighted by atomic mass is 32.2. The first-order chi connectivity index (χ1) is 23.1. The Bertz CT molecular complexity index is 2370. The second-order valence-corrected chi connectivity index (χ2v) is 15.5. The van der Waals surface area contributed by atoms with E-state index in [2.05, 4.69) is 47.9 Å². The molecule has 3 aliphatic rings. The molecule has 0 bridgehead atoms. The summed E-state index contributed by atoms with van der Waals surface area (Å²) in [5.74, 6) is -1.09. The number of rotatable bonds is 7. The van der Waals surface area contributed by atoms with Gasteiger partial charge in [-0.1, -0.05) is 61.3 Å². The number of thiocarbonyl (C=S) groups is 1. The third kappa shape index (κ3) is 5.33. The lowest BCUT2D eigenvalue weighted by Gasteiger charge is -2.27. The maximum atomic E-state index is 13.8. The average molecular weight is 717 g/mol. The topological polar surface area (TPSA) is 105 Å². The van der Waals surface area contributed by atoms with Crippen molar-refractivity contribution in [1.29, 1.82) is 0 Å². The Morgan fingerprint density at radius 2 is 1.73 bits per heavy atom. The fraction of sp³-hybridized carbons (Fsp3) is 0.286. The molecule has 48 heavy (non-hydrogen) atoms. The van der Waals surface area contributed by atoms with Gasteiger partial charge in [0.05, 0.1) is 4.53 Å². The van der Waals surface area contributed by atoms with Gasteiger partial charge in [0, 0.05) is 36.4 Å². The lowest BCUT2D eigenvalue weighted by molar-refractivity contribution is -0.137. The van der Waals surface area contributed by atoms with Gasteiger partial charge in [-0.2, -0.15) is 0 Å². The van der Waals surface area contributed by atoms with E-state index in [-0.39, 0.29) is 20.7 Å². The molecule has 2 atom stereocenters. The van der Waals surface area contributed by atoms with Crippen molar-refractivity contribution in [2.45, 2.75) is 58.2 Å². The summed E-state index contributed by atoms with van der Waals surface area (Å²) >= 11 is 8.74. The van der Waals surface area contributed by atoms with Gasteiger partial charge in [-0.05, 0) is 73.7 Å². The Morgan fingerprint density at radius 1 is 0.979 bits per heavy atom. The summed E-state index contributed by atoms with van der Waals surface area (Å²) in [6.45, 7) is 7.62. The highest BCUT2D eigenvalue weighted by Gasteiger charge is 2.42. The molecule has 1 amide bonds. The third-order valence-electron chi connectivity index (χ3n) is 9.18. The first kappa shape index (κ1) is 32.5. The van der Waals surface area contributed by atoms with E-state index in [1.807, 2.05) is 19.1 Å². The molecule has 246 valence electrons. The highest BCUT2D eigenvalue weighted by Crippen LogP contribution is 2.52. The van der Waals surface area contributed by atoms with Crippen LogP contribution in [-0.4, -0.2) is 47.9 Å². The predicted octanol–water partition coefficient (Wildman–Crippen LogP) is 4.77. The molecule has 0 radical (unpaired) electrons. The summed E-state index contributed by atoms with van der Waals surface area (Å²) in [5, 5.41) is 9.74. The van der Waals surface area contributed by atoms with Crippen LogP contribution in [0.4, 0.5) is 11.4 Å². The van der Waals surface area contributed by atoms with Crippen LogP contribution in [-0.2, 0) is 22.7 Å². The molecule has 7 rings (SSSR count). The molecule has 1 saturated carbocycles. The number of aliphatic carboxylic acids is 1. The molecule has 1 aliphatic carbocycles. The Morgan fingerprint density at radius 3 is 2.40 bits per heavy atom. The van der Waals surface area contributed by atoms with Gasteiger partial charge in [0.25, 0.3) is 17.0 Å². The second-order valence-electron chi connectivity index (χ2n) is 11.8. The summed E-state index contributed by atoms with van der Waals surface area (Å²) < 4.78 is 4.33. The van der Waals surface area contributed by atoms with Gasteiger partial charge in [-0.15, -0.1) is 22.7 Å². The Labute approximate surface area is 293 Å². The lowest BCUT2D eigenvalue weighted by atomic mass is 9.96. The van der Waals surface area contributed by atoms with Crippen molar-refractivity contribution in [3.63, 3.8) is 0 Å². The Hall–Kier alpha value is -4.04. The monoisotopic (exact) mass is 716 g/mol. The minimum atomic E-state index is -1.19. The molecular weight excluding hydrogens is 685 g/mol. The predicted molar refractivity (Wildman–Crippen MR) is 197 cm³/mol. The number of carboxylic acids is 1. The molecule has 2 aromatic carbocycles. The van der Waals surface area contributed by atoms with E-state index in [4.69, 9.17) is 12.2 Å². The molecule has 13 heteroatoms. The van der Waals surface area contributed by atoms with E-state index in [1.165, 1.54) is 15.0 Å². The van der Waals surface area contributed by atoms with E-state index in [0.717, 1.165) is 80.8 Å². The van der Waals surface area contributed by atoms with Gasteiger partial charge < -0.3 is 10.0 Å². The molecular formula is C35H32N4O5S4. The Balaban J connectivity index is 1.40. The van der Waals surface area contributed by atoms with Gasteiger partial charge in [-0.3, -0.25) is 33.2 Å². The Kier molecular flexibility index (Phi) is 8.65. The first-order valence-electron chi connectivity index (χ1n) is 15.8. The van der Waals surface area contributed by atoms with Gasteiger partial charge >= 0.3 is 5.97 Å². The molecule has 2 aromatic heterocycles. The number of hydrogen-bond acceptors (Lipinski definition) is 9. The minimum Gasteiger partial charge on any atom is -0.480 e. The van der Waals surface area contributed by atoms with E-state index >= 15 is 0 Å². The number of carbonyl (C=O) groups excluding carboxylic acids is 1. The van der Waals surface area contributed by atoms with Crippen LogP contribution in [0.3, 0.4) is 0 Å². The normalized spacial score (nSPS) is 20.9. The van der Waals surface area contributed by atoms with Crippen LogP contribution in [0.5, 0.6) is 0 Å². The number of amides is 1. The van der Waals surface area contributed by atoms with Crippen molar-refractivity contribution < 1.29 is 14.7 Å². The summed E-state index contributed by atoms with van der Waals surface area (Å²) in [4.78, 5) is 56.9. The summed E-state index contributed by atoms with van der Waals surface area (Å²) in [6.07, 6.45) is 6.95. The fourth-order valence-corrected chi connectivity index (χ4v) is 11.0. The number of aromatic nitrogens is 2. The highest BCUT2D eigenvalue weighted by molar-refractivity contribution is 8.30. The molecule has 4 aromatic rings. The molecule has 1 N–H and O–H groups in total. The van der Waals surface area contributed by atoms with Crippen LogP contribution in [0.1, 0.15) is 55.7 Å². The van der Waals surface area contributed by atoms with Crippen molar-refractivity contribution in [2.24, 2.45) is 0 Å². The van der Waals surface area contributed by atoms with Crippen LogP contribution in [0, 0.1) is 9.20 Å². The number of fused-ring (bicyclic) bond motifs is 3. The SMILES string of the molecule is C=Cc1ccc(N2c3ccc(C=c4s/c(=c5/sc(=C6SC(=S)N(CC)C6=O)n(CC)c5=O)n(CC(=O)O)c4=O)cc3C3CCCC32)cc1. The van der Waals surface area contributed by atoms with Crippen LogP contribution in [0.15, 0.2) is 58.6 Å².